The van der Waals surface area contributed by atoms with Crippen LogP contribution < -0.4 is 0 Å². The predicted molar refractivity (Wildman–Crippen MR) is 76.5 cm³/mol. The Hall–Kier alpha value is -1.14. The highest BCUT2D eigenvalue weighted by molar-refractivity contribution is 7.99. The molecule has 2 aliphatic rings. The lowest BCUT2D eigenvalue weighted by molar-refractivity contribution is 0.0284. The molecule has 2 aliphatic heterocycles. The van der Waals surface area contributed by atoms with E-state index in [0.29, 0.717) is 35.1 Å². The highest BCUT2D eigenvalue weighted by atomic mass is 32.2. The van der Waals surface area contributed by atoms with Crippen LogP contribution in [0.5, 0.6) is 0 Å². The maximum atomic E-state index is 12.8. The van der Waals surface area contributed by atoms with Gasteiger partial charge in [-0.15, -0.1) is 0 Å². The number of aliphatic hydroxyl groups is 1. The van der Waals surface area contributed by atoms with Gasteiger partial charge in [-0.25, -0.2) is 0 Å². The van der Waals surface area contributed by atoms with Gasteiger partial charge in [0.1, 0.15) is 0 Å². The molecule has 0 saturated carbocycles. The number of hydrogen-bond donors (Lipinski definition) is 1. The first-order valence-electron chi connectivity index (χ1n) is 7.11. The maximum Gasteiger partial charge on any atom is 0.288 e. The number of aliphatic hydroxyl groups excluding tert-OH is 1. The van der Waals surface area contributed by atoms with E-state index in [1.807, 2.05) is 0 Å². The zero-order valence-electron chi connectivity index (χ0n) is 11.4. The zero-order valence-corrected chi connectivity index (χ0v) is 12.2. The summed E-state index contributed by atoms with van der Waals surface area (Å²) < 4.78 is 25.3. The van der Waals surface area contributed by atoms with Crippen LogP contribution in [-0.4, -0.2) is 39.9 Å². The predicted octanol–water partition coefficient (Wildman–Crippen LogP) is 3.13. The summed E-state index contributed by atoms with van der Waals surface area (Å²) in [5.74, 6) is -2.72. The van der Waals surface area contributed by atoms with Gasteiger partial charge in [0.05, 0.1) is 11.7 Å². The molecule has 21 heavy (non-hydrogen) atoms. The van der Waals surface area contributed by atoms with Crippen molar-refractivity contribution in [2.45, 2.75) is 54.5 Å². The number of benzene rings is 1. The molecule has 3 nitrogen and oxygen atoms in total. The van der Waals surface area contributed by atoms with Crippen LogP contribution in [0.2, 0.25) is 0 Å². The summed E-state index contributed by atoms with van der Waals surface area (Å²) in [5, 5.41) is 9.79. The number of hydrogen-bond acceptors (Lipinski definition) is 3. The summed E-state index contributed by atoms with van der Waals surface area (Å²) in [6.45, 7) is 0. The summed E-state index contributed by atoms with van der Waals surface area (Å²) in [7, 11) is 0. The Labute approximate surface area is 126 Å². The second kappa shape index (κ2) is 5.93. The fourth-order valence-electron chi connectivity index (χ4n) is 3.46. The van der Waals surface area contributed by atoms with E-state index < -0.39 is 5.76 Å². The van der Waals surface area contributed by atoms with Crippen molar-refractivity contribution in [3.63, 3.8) is 0 Å². The number of halogens is 2. The Balaban J connectivity index is 1.86. The fourth-order valence-corrected chi connectivity index (χ4v) is 4.09. The van der Waals surface area contributed by atoms with Crippen LogP contribution in [0.4, 0.5) is 8.78 Å². The average Bonchev–Trinajstić information content (AvgIpc) is 2.70. The molecule has 0 aliphatic carbocycles. The van der Waals surface area contributed by atoms with Crippen LogP contribution in [0.25, 0.3) is 0 Å². The first-order valence-corrected chi connectivity index (χ1v) is 7.99. The van der Waals surface area contributed by atoms with E-state index in [1.54, 1.807) is 29.2 Å². The standard InChI is InChI=1S/C15H17F2NO2S/c16-15(17)21-13-4-2-1-3-12(13)14(20)18-9-5-6-10(18)8-11(19)7-9/h1-4,9-11,15,19H,5-8H2. The van der Waals surface area contributed by atoms with Gasteiger partial charge in [-0.1, -0.05) is 23.9 Å². The molecule has 1 aromatic rings. The number of thioether (sulfide) groups is 1. The van der Waals surface area contributed by atoms with Crippen LogP contribution in [0, 0.1) is 0 Å². The number of carbonyl (C=O) groups is 1. The Kier molecular flexibility index (Phi) is 4.17. The molecule has 2 saturated heterocycles. The van der Waals surface area contributed by atoms with Crippen molar-refractivity contribution in [3.8, 4) is 0 Å². The monoisotopic (exact) mass is 313 g/mol. The normalized spacial score (nSPS) is 28.2. The quantitative estimate of drug-likeness (QED) is 0.872. The van der Waals surface area contributed by atoms with Gasteiger partial charge in [0.15, 0.2) is 0 Å². The van der Waals surface area contributed by atoms with Crippen LogP contribution in [0.1, 0.15) is 36.0 Å². The smallest absolute Gasteiger partial charge is 0.288 e. The number of piperidine rings is 1. The van der Waals surface area contributed by atoms with Crippen LogP contribution in [0.15, 0.2) is 29.2 Å². The van der Waals surface area contributed by atoms with Crippen molar-refractivity contribution in [1.29, 1.82) is 0 Å². The van der Waals surface area contributed by atoms with Gasteiger partial charge in [0.25, 0.3) is 11.7 Å². The van der Waals surface area contributed by atoms with Gasteiger partial charge in [-0.05, 0) is 37.8 Å². The van der Waals surface area contributed by atoms with E-state index >= 15 is 0 Å². The summed E-state index contributed by atoms with van der Waals surface area (Å²) in [6.07, 6.45) is 2.60. The summed E-state index contributed by atoms with van der Waals surface area (Å²) in [6, 6.07) is 6.61. The number of fused-ring (bicyclic) bond motifs is 2. The van der Waals surface area contributed by atoms with Gasteiger partial charge >= 0.3 is 0 Å². The van der Waals surface area contributed by atoms with Crippen molar-refractivity contribution in [2.24, 2.45) is 0 Å². The highest BCUT2D eigenvalue weighted by Gasteiger charge is 2.43. The Morgan fingerprint density at radius 3 is 2.48 bits per heavy atom. The van der Waals surface area contributed by atoms with Gasteiger partial charge in [0, 0.05) is 17.0 Å². The van der Waals surface area contributed by atoms with E-state index in [1.165, 1.54) is 0 Å². The molecule has 2 bridgehead atoms. The largest absolute Gasteiger partial charge is 0.393 e. The molecule has 2 unspecified atom stereocenters. The fraction of sp³-hybridized carbons (Fsp3) is 0.533. The molecule has 114 valence electrons. The minimum absolute atomic E-state index is 0.0378. The van der Waals surface area contributed by atoms with Crippen LogP contribution in [0.3, 0.4) is 0 Å². The minimum atomic E-state index is -2.54. The Bertz CT molecular complexity index is 526. The van der Waals surface area contributed by atoms with Crippen LogP contribution >= 0.6 is 11.8 Å². The molecule has 1 aromatic carbocycles. The van der Waals surface area contributed by atoms with E-state index in [4.69, 9.17) is 0 Å². The molecule has 0 radical (unpaired) electrons. The number of alkyl halides is 2. The third-order valence-corrected chi connectivity index (χ3v) is 5.06. The van der Waals surface area contributed by atoms with E-state index in [9.17, 15) is 18.7 Å². The SMILES string of the molecule is O=C(c1ccccc1SC(F)F)N1C2CCC1CC(O)C2. The lowest BCUT2D eigenvalue weighted by Crippen LogP contribution is -2.48. The average molecular weight is 313 g/mol. The molecular weight excluding hydrogens is 296 g/mol. The molecule has 0 aromatic heterocycles. The van der Waals surface area contributed by atoms with Crippen LogP contribution in [-0.2, 0) is 0 Å². The zero-order chi connectivity index (χ0) is 15.0. The molecule has 2 heterocycles. The van der Waals surface area contributed by atoms with Crippen molar-refractivity contribution >= 4 is 17.7 Å². The second-order valence-electron chi connectivity index (χ2n) is 5.60. The van der Waals surface area contributed by atoms with Gasteiger partial charge in [0.2, 0.25) is 0 Å². The maximum absolute atomic E-state index is 12.8. The Morgan fingerprint density at radius 2 is 1.86 bits per heavy atom. The van der Waals surface area contributed by atoms with E-state index in [0.717, 1.165) is 12.8 Å². The molecule has 2 atom stereocenters. The third kappa shape index (κ3) is 2.92. The number of nitrogens with zero attached hydrogens (tertiary/aromatic N) is 1. The second-order valence-corrected chi connectivity index (χ2v) is 6.63. The molecule has 3 rings (SSSR count). The topological polar surface area (TPSA) is 40.5 Å². The van der Waals surface area contributed by atoms with Crippen molar-refractivity contribution in [2.75, 3.05) is 0 Å². The lowest BCUT2D eigenvalue weighted by Gasteiger charge is -2.37. The molecule has 1 N–H and O–H groups in total. The van der Waals surface area contributed by atoms with Crippen molar-refractivity contribution in [3.05, 3.63) is 29.8 Å². The first kappa shape index (κ1) is 14.8. The highest BCUT2D eigenvalue weighted by Crippen LogP contribution is 2.38. The van der Waals surface area contributed by atoms with Gasteiger partial charge in [-0.3, -0.25) is 4.79 Å². The van der Waals surface area contributed by atoms with Gasteiger partial charge < -0.3 is 10.0 Å². The van der Waals surface area contributed by atoms with E-state index in [2.05, 4.69) is 0 Å². The molecule has 0 spiro atoms. The molecular formula is C15H17F2NO2S. The summed E-state index contributed by atoms with van der Waals surface area (Å²) in [4.78, 5) is 14.9. The third-order valence-electron chi connectivity index (χ3n) is 4.28. The number of carbonyl (C=O) groups excluding carboxylic acids is 1. The van der Waals surface area contributed by atoms with Crippen molar-refractivity contribution in [1.82, 2.24) is 4.90 Å². The first-order chi connectivity index (χ1) is 10.1. The number of amides is 1. The summed E-state index contributed by atoms with van der Waals surface area (Å²) in [5.41, 5.74) is 0.344. The van der Waals surface area contributed by atoms with E-state index in [-0.39, 0.29) is 24.1 Å². The summed E-state index contributed by atoms with van der Waals surface area (Å²) >= 11 is 0.411. The van der Waals surface area contributed by atoms with Crippen molar-refractivity contribution < 1.29 is 18.7 Å². The molecule has 1 amide bonds. The van der Waals surface area contributed by atoms with Gasteiger partial charge in [-0.2, -0.15) is 8.78 Å². The number of rotatable bonds is 3. The molecule has 2 fully saturated rings. The molecule has 6 heteroatoms. The lowest BCUT2D eigenvalue weighted by atomic mass is 9.98. The minimum Gasteiger partial charge on any atom is -0.393 e. The Morgan fingerprint density at radius 1 is 1.24 bits per heavy atom.